The molecule has 0 bridgehead atoms. The van der Waals surface area contributed by atoms with Gasteiger partial charge in [-0.1, -0.05) is 0 Å². The van der Waals surface area contributed by atoms with Crippen LogP contribution in [-0.4, -0.2) is 5.98 Å². The van der Waals surface area contributed by atoms with Crippen molar-refractivity contribution in [1.29, 1.82) is 0 Å². The van der Waals surface area contributed by atoms with Crippen LogP contribution in [0, 0.1) is 0 Å². The maximum Gasteiger partial charge on any atom is -1.00 e. The Bertz CT molecular complexity index is 1030. The predicted octanol–water partition coefficient (Wildman–Crippen LogP) is 2.51. The summed E-state index contributed by atoms with van der Waals surface area (Å²) in [5.41, 5.74) is 13.0. The van der Waals surface area contributed by atoms with Crippen LogP contribution < -0.4 is 24.8 Å². The van der Waals surface area contributed by atoms with Crippen LogP contribution in [0.25, 0.3) is 12.2 Å². The number of allylic oxidation sites excluding steroid dienone is 2. The number of benzene rings is 2. The molecular formula is C30H41Cl2HfSi. The van der Waals surface area contributed by atoms with Crippen LogP contribution in [0.2, 0.25) is 13.1 Å². The van der Waals surface area contributed by atoms with E-state index in [-0.39, 0.29) is 35.6 Å². The van der Waals surface area contributed by atoms with Crippen molar-refractivity contribution in [3.05, 3.63) is 80.9 Å². The normalized spacial score (nSPS) is 19.0. The first-order chi connectivity index (χ1) is 14.8. The Labute approximate surface area is 229 Å². The molecule has 0 amide bonds. The van der Waals surface area contributed by atoms with E-state index in [1.54, 1.807) is 22.3 Å². The SMILES string of the molecule is CC1=Cc2cc(C(C)(C)C)ccc2[CH]1[Hf+2]([CH]1C(C)=Cc2cc(C(C)(C)C)ccc21)[SiH](C)C.[Cl-].[Cl-]. The molecule has 0 aliphatic heterocycles. The number of halogens is 2. The molecule has 2 atom stereocenters. The van der Waals surface area contributed by atoms with Gasteiger partial charge in [-0.3, -0.25) is 0 Å². The molecular weight excluding hydrogens is 638 g/mol. The molecule has 2 unspecified atom stereocenters. The van der Waals surface area contributed by atoms with Gasteiger partial charge in [0, 0.05) is 0 Å². The maximum atomic E-state index is 2.66. The third kappa shape index (κ3) is 5.46. The third-order valence-electron chi connectivity index (χ3n) is 7.54. The average Bonchev–Trinajstić information content (AvgIpc) is 3.16. The van der Waals surface area contributed by atoms with Crippen LogP contribution >= 0.6 is 0 Å². The second kappa shape index (κ2) is 10.5. The quantitative estimate of drug-likeness (QED) is 0.438. The first-order valence-electron chi connectivity index (χ1n) is 12.3. The topological polar surface area (TPSA) is 0 Å². The van der Waals surface area contributed by atoms with Crippen molar-refractivity contribution in [2.24, 2.45) is 0 Å². The fourth-order valence-corrected chi connectivity index (χ4v) is 38.7. The van der Waals surface area contributed by atoms with E-state index in [1.807, 2.05) is 0 Å². The zero-order valence-electron chi connectivity index (χ0n) is 22.6. The summed E-state index contributed by atoms with van der Waals surface area (Å²) in [7, 11) is 0. The molecule has 2 aromatic rings. The van der Waals surface area contributed by atoms with E-state index in [4.69, 9.17) is 0 Å². The van der Waals surface area contributed by atoms with Crippen molar-refractivity contribution in [3.8, 4) is 0 Å². The molecule has 0 saturated carbocycles. The Morgan fingerprint density at radius 1 is 0.647 bits per heavy atom. The van der Waals surface area contributed by atoms with Gasteiger partial charge < -0.3 is 24.8 Å². The fraction of sp³-hybridized carbons (Fsp3) is 0.467. The van der Waals surface area contributed by atoms with Gasteiger partial charge in [-0.2, -0.15) is 0 Å². The van der Waals surface area contributed by atoms with Crippen LogP contribution in [0.5, 0.6) is 0 Å². The molecule has 0 heterocycles. The fourth-order valence-electron chi connectivity index (χ4n) is 5.72. The summed E-state index contributed by atoms with van der Waals surface area (Å²) in [6.07, 6.45) is 5.07. The Balaban J connectivity index is 0.00000204. The molecule has 0 spiro atoms. The van der Waals surface area contributed by atoms with Crippen LogP contribution in [0.4, 0.5) is 0 Å². The van der Waals surface area contributed by atoms with E-state index in [0.29, 0.717) is 0 Å². The van der Waals surface area contributed by atoms with E-state index < -0.39 is 26.6 Å². The standard InChI is InChI=1S/2C14H17.C2H7Si.2ClH.Hf/c2*1-10-7-11-5-6-13(14(2,3)4)9-12(11)8-10;1-3-2;;;/h2*5-9H,1-4H3;3H,1-2H3;2*1H;/q;;;;;+2/p-2. The minimum absolute atomic E-state index is 0. The minimum Gasteiger partial charge on any atom is -1.00 e. The monoisotopic (exact) mass is 679 g/mol. The molecule has 34 heavy (non-hydrogen) atoms. The van der Waals surface area contributed by atoms with Crippen LogP contribution in [0.1, 0.15) is 96.1 Å². The molecule has 0 saturated heterocycles. The van der Waals surface area contributed by atoms with E-state index in [2.05, 4.69) is 117 Å². The van der Waals surface area contributed by atoms with E-state index in [9.17, 15) is 0 Å². The van der Waals surface area contributed by atoms with E-state index in [1.165, 1.54) is 22.3 Å². The first kappa shape index (κ1) is 29.8. The molecule has 4 heteroatoms. The third-order valence-corrected chi connectivity index (χ3v) is 39.0. The molecule has 2 aliphatic carbocycles. The van der Waals surface area contributed by atoms with Gasteiger partial charge in [0.05, 0.1) is 0 Å². The summed E-state index contributed by atoms with van der Waals surface area (Å²) in [5, 5.41) is 0. The summed E-state index contributed by atoms with van der Waals surface area (Å²) < 4.78 is 1.52. The van der Waals surface area contributed by atoms with Crippen molar-refractivity contribution in [1.82, 2.24) is 0 Å². The Morgan fingerprint density at radius 2 is 1.00 bits per heavy atom. The first-order valence-corrected chi connectivity index (χ1v) is 25.6. The van der Waals surface area contributed by atoms with Crippen LogP contribution in [0.15, 0.2) is 47.5 Å². The molecule has 0 radical (unpaired) electrons. The number of hydrogen-bond acceptors (Lipinski definition) is 0. The summed E-state index contributed by atoms with van der Waals surface area (Å²) in [6, 6.07) is 14.8. The molecule has 4 rings (SSSR count). The van der Waals surface area contributed by atoms with Crippen molar-refractivity contribution in [2.45, 2.75) is 86.7 Å². The van der Waals surface area contributed by atoms with Gasteiger partial charge in [0.2, 0.25) is 0 Å². The maximum absolute atomic E-state index is 2.66. The summed E-state index contributed by atoms with van der Waals surface area (Å²) in [4.78, 5) is 0. The second-order valence-electron chi connectivity index (χ2n) is 12.5. The largest absolute Gasteiger partial charge is 1.00 e. The summed E-state index contributed by atoms with van der Waals surface area (Å²) in [5.74, 6) is -0.747. The van der Waals surface area contributed by atoms with Gasteiger partial charge in [-0.15, -0.1) is 0 Å². The zero-order valence-corrected chi connectivity index (χ0v) is 28.9. The Morgan fingerprint density at radius 3 is 1.29 bits per heavy atom. The summed E-state index contributed by atoms with van der Waals surface area (Å²) in [6.45, 7) is 24.2. The molecule has 2 aliphatic rings. The van der Waals surface area contributed by atoms with Gasteiger partial charge in [0.15, 0.2) is 0 Å². The molecule has 2 aromatic carbocycles. The minimum atomic E-state index is -2.08. The average molecular weight is 679 g/mol. The van der Waals surface area contributed by atoms with Gasteiger partial charge >= 0.3 is 206 Å². The number of fused-ring (bicyclic) bond motifs is 2. The molecule has 0 nitrogen and oxygen atoms in total. The molecule has 0 aromatic heterocycles. The van der Waals surface area contributed by atoms with Crippen molar-refractivity contribution < 1.29 is 45.4 Å². The molecule has 0 N–H and O–H groups in total. The molecule has 183 valence electrons. The van der Waals surface area contributed by atoms with Crippen molar-refractivity contribution in [3.63, 3.8) is 0 Å². The predicted molar refractivity (Wildman–Crippen MR) is 142 cm³/mol. The van der Waals surface area contributed by atoms with Crippen LogP contribution in [-0.2, 0) is 31.4 Å². The Hall–Kier alpha value is -0.413. The van der Waals surface area contributed by atoms with Crippen LogP contribution in [0.3, 0.4) is 0 Å². The van der Waals surface area contributed by atoms with Gasteiger partial charge in [0.1, 0.15) is 0 Å². The number of rotatable bonds is 3. The van der Waals surface area contributed by atoms with Gasteiger partial charge in [-0.25, -0.2) is 0 Å². The summed E-state index contributed by atoms with van der Waals surface area (Å²) >= 11 is -2.08. The van der Waals surface area contributed by atoms with Gasteiger partial charge in [-0.05, 0) is 0 Å². The van der Waals surface area contributed by atoms with E-state index >= 15 is 0 Å². The Kier molecular flexibility index (Phi) is 9.23. The van der Waals surface area contributed by atoms with Crippen molar-refractivity contribution >= 4 is 18.1 Å². The molecule has 0 fully saturated rings. The van der Waals surface area contributed by atoms with Crippen molar-refractivity contribution in [2.75, 3.05) is 0 Å². The smallest absolute Gasteiger partial charge is 1.00 e. The zero-order chi connectivity index (χ0) is 23.6. The van der Waals surface area contributed by atoms with E-state index in [0.717, 1.165) is 7.35 Å². The van der Waals surface area contributed by atoms with Gasteiger partial charge in [0.25, 0.3) is 0 Å². The number of hydrogen-bond donors (Lipinski definition) is 0. The second-order valence-corrected chi connectivity index (χ2v) is 40.4.